The second-order valence-electron chi connectivity index (χ2n) is 4.54. The second-order valence-corrected chi connectivity index (χ2v) is 4.54. The van der Waals surface area contributed by atoms with Crippen molar-refractivity contribution < 1.29 is 18.8 Å². The number of pyridine rings is 1. The number of anilines is 1. The molecule has 0 aromatic carbocycles. The van der Waals surface area contributed by atoms with Crippen molar-refractivity contribution in [2.45, 2.75) is 6.92 Å². The largest absolute Gasteiger partial charge is 0.451 e. The maximum absolute atomic E-state index is 11.9. The van der Waals surface area contributed by atoms with Crippen LogP contribution < -0.4 is 5.32 Å². The van der Waals surface area contributed by atoms with E-state index in [4.69, 9.17) is 9.26 Å². The summed E-state index contributed by atoms with van der Waals surface area (Å²) in [4.78, 5) is 27.6. The Hall–Kier alpha value is -3.16. The maximum atomic E-state index is 11.9. The highest BCUT2D eigenvalue weighted by Gasteiger charge is 2.14. The minimum Gasteiger partial charge on any atom is -0.451 e. The van der Waals surface area contributed by atoms with Gasteiger partial charge in [-0.3, -0.25) is 4.79 Å². The normalized spacial score (nSPS) is 10.6. The van der Waals surface area contributed by atoms with Crippen LogP contribution in [0, 0.1) is 6.92 Å². The van der Waals surface area contributed by atoms with Crippen LogP contribution in [-0.2, 0) is 9.53 Å². The smallest absolute Gasteiger partial charge is 0.359 e. The van der Waals surface area contributed by atoms with Crippen LogP contribution in [0.25, 0.3) is 5.65 Å². The third-order valence-electron chi connectivity index (χ3n) is 2.80. The third kappa shape index (κ3) is 2.95. The van der Waals surface area contributed by atoms with Gasteiger partial charge in [-0.1, -0.05) is 11.2 Å². The molecule has 0 aliphatic heterocycles. The zero-order valence-electron chi connectivity index (χ0n) is 11.6. The van der Waals surface area contributed by atoms with Gasteiger partial charge in [-0.15, -0.1) is 0 Å². The first-order chi connectivity index (χ1) is 10.6. The van der Waals surface area contributed by atoms with Crippen molar-refractivity contribution in [2.24, 2.45) is 0 Å². The summed E-state index contributed by atoms with van der Waals surface area (Å²) in [5.41, 5.74) is 0.758. The fourth-order valence-corrected chi connectivity index (χ4v) is 1.84. The van der Waals surface area contributed by atoms with Gasteiger partial charge in [0.1, 0.15) is 11.4 Å². The molecule has 0 saturated carbocycles. The zero-order valence-corrected chi connectivity index (χ0v) is 11.6. The average molecular weight is 300 g/mol. The highest BCUT2D eigenvalue weighted by atomic mass is 16.5. The molecule has 0 aliphatic carbocycles. The van der Waals surface area contributed by atoms with Crippen molar-refractivity contribution in [1.29, 1.82) is 0 Å². The van der Waals surface area contributed by atoms with E-state index in [2.05, 4.69) is 15.5 Å². The van der Waals surface area contributed by atoms with E-state index in [0.29, 0.717) is 11.4 Å². The highest BCUT2D eigenvalue weighted by Crippen LogP contribution is 2.08. The molecule has 0 aliphatic rings. The molecular weight excluding hydrogens is 288 g/mol. The summed E-state index contributed by atoms with van der Waals surface area (Å²) in [5.74, 6) is -0.344. The predicted molar refractivity (Wildman–Crippen MR) is 75.3 cm³/mol. The number of amides is 1. The summed E-state index contributed by atoms with van der Waals surface area (Å²) in [7, 11) is 0. The molecule has 112 valence electrons. The van der Waals surface area contributed by atoms with Gasteiger partial charge in [0.2, 0.25) is 0 Å². The molecular formula is C14H12N4O4. The number of imidazole rings is 1. The van der Waals surface area contributed by atoms with Crippen LogP contribution in [0.2, 0.25) is 0 Å². The molecule has 1 amide bonds. The SMILES string of the molecule is Cc1cc(NC(=O)COC(=O)c2cn3ccccc3n2)no1. The number of aromatic nitrogens is 3. The van der Waals surface area contributed by atoms with Gasteiger partial charge in [-0.2, -0.15) is 0 Å². The molecule has 0 atom stereocenters. The number of esters is 1. The topological polar surface area (TPSA) is 98.7 Å². The molecule has 22 heavy (non-hydrogen) atoms. The quantitative estimate of drug-likeness (QED) is 0.732. The van der Waals surface area contributed by atoms with Gasteiger partial charge < -0.3 is 19.0 Å². The zero-order chi connectivity index (χ0) is 15.5. The summed E-state index contributed by atoms with van der Waals surface area (Å²) in [5, 5.41) is 6.06. The van der Waals surface area contributed by atoms with Crippen molar-refractivity contribution in [3.63, 3.8) is 0 Å². The monoisotopic (exact) mass is 300 g/mol. The molecule has 0 radical (unpaired) electrons. The van der Waals surface area contributed by atoms with Crippen LogP contribution in [0.15, 0.2) is 41.2 Å². The van der Waals surface area contributed by atoms with Gasteiger partial charge in [-0.25, -0.2) is 9.78 Å². The number of aryl methyl sites for hydroxylation is 1. The molecule has 8 nitrogen and oxygen atoms in total. The van der Waals surface area contributed by atoms with Crippen molar-refractivity contribution in [3.05, 3.63) is 48.1 Å². The Labute approximate surface area is 124 Å². The van der Waals surface area contributed by atoms with Gasteiger partial charge in [0.25, 0.3) is 5.91 Å². The Bertz CT molecular complexity index is 803. The molecule has 0 fully saturated rings. The van der Waals surface area contributed by atoms with E-state index in [1.54, 1.807) is 29.7 Å². The summed E-state index contributed by atoms with van der Waals surface area (Å²) < 4.78 is 11.4. The first-order valence-corrected chi connectivity index (χ1v) is 6.46. The number of rotatable bonds is 4. The second kappa shape index (κ2) is 5.68. The highest BCUT2D eigenvalue weighted by molar-refractivity contribution is 5.94. The van der Waals surface area contributed by atoms with Crippen molar-refractivity contribution >= 4 is 23.3 Å². The minimum absolute atomic E-state index is 0.135. The lowest BCUT2D eigenvalue weighted by atomic mass is 10.4. The van der Waals surface area contributed by atoms with E-state index in [9.17, 15) is 9.59 Å². The first kappa shape index (κ1) is 13.8. The number of nitrogens with zero attached hydrogens (tertiary/aromatic N) is 3. The lowest BCUT2D eigenvalue weighted by Gasteiger charge is -2.02. The fraction of sp³-hybridized carbons (Fsp3) is 0.143. The predicted octanol–water partition coefficient (Wildman–Crippen LogP) is 1.43. The molecule has 3 heterocycles. The van der Waals surface area contributed by atoms with E-state index < -0.39 is 18.5 Å². The number of ether oxygens (including phenoxy) is 1. The standard InChI is InChI=1S/C14H12N4O4/c1-9-6-11(17-22-9)16-13(19)8-21-14(20)10-7-18-5-3-2-4-12(18)15-10/h2-7H,8H2,1H3,(H,16,17,19). The first-order valence-electron chi connectivity index (χ1n) is 6.46. The number of carbonyl (C=O) groups is 2. The molecule has 3 aromatic heterocycles. The molecule has 0 spiro atoms. The lowest BCUT2D eigenvalue weighted by Crippen LogP contribution is -2.21. The van der Waals surface area contributed by atoms with Crippen LogP contribution in [0.5, 0.6) is 0 Å². The van der Waals surface area contributed by atoms with E-state index in [0.717, 1.165) is 0 Å². The molecule has 1 N–H and O–H groups in total. The average Bonchev–Trinajstić information content (AvgIpc) is 3.10. The Morgan fingerprint density at radius 3 is 3.00 bits per heavy atom. The van der Waals surface area contributed by atoms with E-state index in [-0.39, 0.29) is 11.5 Å². The van der Waals surface area contributed by atoms with Crippen LogP contribution in [0.3, 0.4) is 0 Å². The van der Waals surface area contributed by atoms with Crippen molar-refractivity contribution in [2.75, 3.05) is 11.9 Å². The Morgan fingerprint density at radius 2 is 2.27 bits per heavy atom. The number of hydrogen-bond acceptors (Lipinski definition) is 6. The number of nitrogens with one attached hydrogen (secondary N) is 1. The Kier molecular flexibility index (Phi) is 3.57. The van der Waals surface area contributed by atoms with Gasteiger partial charge in [0, 0.05) is 18.5 Å². The third-order valence-corrected chi connectivity index (χ3v) is 2.80. The summed E-state index contributed by atoms with van der Waals surface area (Å²) in [6.45, 7) is 1.27. The summed E-state index contributed by atoms with van der Waals surface area (Å²) >= 11 is 0. The van der Waals surface area contributed by atoms with Gasteiger partial charge in [0.05, 0.1) is 0 Å². The fourth-order valence-electron chi connectivity index (χ4n) is 1.84. The van der Waals surface area contributed by atoms with Crippen LogP contribution in [0.4, 0.5) is 5.82 Å². The summed E-state index contributed by atoms with van der Waals surface area (Å²) in [6, 6.07) is 6.94. The van der Waals surface area contributed by atoms with Crippen molar-refractivity contribution in [1.82, 2.24) is 14.5 Å². The van der Waals surface area contributed by atoms with Crippen molar-refractivity contribution in [3.8, 4) is 0 Å². The Morgan fingerprint density at radius 1 is 1.41 bits per heavy atom. The minimum atomic E-state index is -0.671. The lowest BCUT2D eigenvalue weighted by molar-refractivity contribution is -0.119. The molecule has 0 unspecified atom stereocenters. The van der Waals surface area contributed by atoms with E-state index in [1.165, 1.54) is 6.20 Å². The van der Waals surface area contributed by atoms with Crippen LogP contribution in [-0.4, -0.2) is 33.0 Å². The van der Waals surface area contributed by atoms with Gasteiger partial charge in [0.15, 0.2) is 18.1 Å². The van der Waals surface area contributed by atoms with E-state index >= 15 is 0 Å². The number of fused-ring (bicyclic) bond motifs is 1. The van der Waals surface area contributed by atoms with Gasteiger partial charge in [-0.05, 0) is 19.1 Å². The number of hydrogen-bond donors (Lipinski definition) is 1. The van der Waals surface area contributed by atoms with E-state index in [1.807, 2.05) is 12.1 Å². The summed E-state index contributed by atoms with van der Waals surface area (Å²) in [6.07, 6.45) is 3.30. The molecule has 3 aromatic rings. The Balaban J connectivity index is 1.58. The van der Waals surface area contributed by atoms with Crippen LogP contribution in [0.1, 0.15) is 16.2 Å². The van der Waals surface area contributed by atoms with Crippen LogP contribution >= 0.6 is 0 Å². The molecule has 0 saturated heterocycles. The maximum Gasteiger partial charge on any atom is 0.359 e. The molecule has 3 rings (SSSR count). The molecule has 0 bridgehead atoms. The number of carbonyl (C=O) groups excluding carboxylic acids is 2. The molecule has 8 heteroatoms. The van der Waals surface area contributed by atoms with Gasteiger partial charge >= 0.3 is 5.97 Å².